The van der Waals surface area contributed by atoms with Crippen LogP contribution in [0.15, 0.2) is 30.7 Å². The molecule has 2 aromatic heterocycles. The standard InChI is InChI=1S/C14H14F2N4/c15-11-1-2-13(17-7-11)10-3-5-20(6-4-10)14-18-8-12(16)9-19-14/h1-2,7-10H,3-6H2. The molecule has 104 valence electrons. The molecule has 0 aliphatic carbocycles. The van der Waals surface area contributed by atoms with E-state index in [1.165, 1.54) is 24.7 Å². The summed E-state index contributed by atoms with van der Waals surface area (Å²) in [6, 6.07) is 3.18. The molecule has 1 aliphatic heterocycles. The molecule has 0 amide bonds. The van der Waals surface area contributed by atoms with Crippen LogP contribution in [0, 0.1) is 11.6 Å². The monoisotopic (exact) mass is 276 g/mol. The molecule has 3 heterocycles. The van der Waals surface area contributed by atoms with Crippen LogP contribution in [0.4, 0.5) is 14.7 Å². The van der Waals surface area contributed by atoms with Crippen molar-refractivity contribution in [1.82, 2.24) is 15.0 Å². The zero-order chi connectivity index (χ0) is 13.9. The number of hydrogen-bond donors (Lipinski definition) is 0. The predicted octanol–water partition coefficient (Wildman–Crippen LogP) is 2.53. The van der Waals surface area contributed by atoms with E-state index in [4.69, 9.17) is 0 Å². The van der Waals surface area contributed by atoms with E-state index in [0.29, 0.717) is 11.9 Å². The van der Waals surface area contributed by atoms with Gasteiger partial charge in [0.1, 0.15) is 5.82 Å². The third-order valence-corrected chi connectivity index (χ3v) is 3.55. The quantitative estimate of drug-likeness (QED) is 0.845. The molecular weight excluding hydrogens is 262 g/mol. The van der Waals surface area contributed by atoms with Gasteiger partial charge in [-0.05, 0) is 25.0 Å². The van der Waals surface area contributed by atoms with E-state index >= 15 is 0 Å². The summed E-state index contributed by atoms with van der Waals surface area (Å²) in [5.74, 6) is 0.134. The van der Waals surface area contributed by atoms with Crippen molar-refractivity contribution in [3.8, 4) is 0 Å². The maximum atomic E-state index is 12.9. The highest BCUT2D eigenvalue weighted by atomic mass is 19.1. The van der Waals surface area contributed by atoms with E-state index in [1.54, 1.807) is 6.07 Å². The molecule has 0 unspecified atom stereocenters. The van der Waals surface area contributed by atoms with Gasteiger partial charge in [0.25, 0.3) is 0 Å². The average Bonchev–Trinajstić information content (AvgIpc) is 2.49. The van der Waals surface area contributed by atoms with Crippen LogP contribution < -0.4 is 4.90 Å². The molecule has 1 fully saturated rings. The highest BCUT2D eigenvalue weighted by Gasteiger charge is 2.23. The van der Waals surface area contributed by atoms with Crippen molar-refractivity contribution < 1.29 is 8.78 Å². The third-order valence-electron chi connectivity index (χ3n) is 3.55. The summed E-state index contributed by atoms with van der Waals surface area (Å²) >= 11 is 0. The molecule has 1 aliphatic rings. The second-order valence-electron chi connectivity index (χ2n) is 4.86. The van der Waals surface area contributed by atoms with Crippen LogP contribution >= 0.6 is 0 Å². The van der Waals surface area contributed by atoms with Gasteiger partial charge < -0.3 is 4.90 Å². The summed E-state index contributed by atoms with van der Waals surface area (Å²) < 4.78 is 25.6. The van der Waals surface area contributed by atoms with Crippen LogP contribution in [0.5, 0.6) is 0 Å². The Morgan fingerprint density at radius 3 is 2.15 bits per heavy atom. The molecule has 2 aromatic rings. The van der Waals surface area contributed by atoms with Crippen molar-refractivity contribution in [3.63, 3.8) is 0 Å². The largest absolute Gasteiger partial charge is 0.341 e. The van der Waals surface area contributed by atoms with Crippen LogP contribution in [0.3, 0.4) is 0 Å². The fraction of sp³-hybridized carbons (Fsp3) is 0.357. The van der Waals surface area contributed by atoms with Crippen molar-refractivity contribution in [1.29, 1.82) is 0 Å². The summed E-state index contributed by atoms with van der Waals surface area (Å²) in [6.45, 7) is 1.57. The number of halogens is 2. The van der Waals surface area contributed by atoms with Crippen LogP contribution in [-0.4, -0.2) is 28.0 Å². The summed E-state index contributed by atoms with van der Waals surface area (Å²) in [5, 5.41) is 0. The Morgan fingerprint density at radius 1 is 0.900 bits per heavy atom. The molecule has 0 radical (unpaired) electrons. The number of anilines is 1. The van der Waals surface area contributed by atoms with Gasteiger partial charge >= 0.3 is 0 Å². The van der Waals surface area contributed by atoms with Gasteiger partial charge in [-0.3, -0.25) is 4.98 Å². The number of aromatic nitrogens is 3. The fourth-order valence-corrected chi connectivity index (χ4v) is 2.47. The smallest absolute Gasteiger partial charge is 0.225 e. The van der Waals surface area contributed by atoms with E-state index in [9.17, 15) is 8.78 Å². The van der Waals surface area contributed by atoms with Crippen molar-refractivity contribution in [2.45, 2.75) is 18.8 Å². The first-order valence-corrected chi connectivity index (χ1v) is 6.56. The Morgan fingerprint density at radius 2 is 1.55 bits per heavy atom. The lowest BCUT2D eigenvalue weighted by Crippen LogP contribution is -2.34. The molecule has 4 nitrogen and oxygen atoms in total. The lowest BCUT2D eigenvalue weighted by molar-refractivity contribution is 0.487. The van der Waals surface area contributed by atoms with E-state index in [-0.39, 0.29) is 5.82 Å². The van der Waals surface area contributed by atoms with E-state index < -0.39 is 5.82 Å². The topological polar surface area (TPSA) is 41.9 Å². The normalized spacial score (nSPS) is 16.4. The summed E-state index contributed by atoms with van der Waals surface area (Å²) in [5.41, 5.74) is 0.922. The van der Waals surface area contributed by atoms with Crippen molar-refractivity contribution >= 4 is 5.95 Å². The molecule has 0 saturated carbocycles. The van der Waals surface area contributed by atoms with E-state index in [2.05, 4.69) is 15.0 Å². The lowest BCUT2D eigenvalue weighted by Gasteiger charge is -2.31. The Hall–Kier alpha value is -2.11. The van der Waals surface area contributed by atoms with Crippen molar-refractivity contribution in [2.75, 3.05) is 18.0 Å². The SMILES string of the molecule is Fc1ccc(C2CCN(c3ncc(F)cn3)CC2)nc1. The van der Waals surface area contributed by atoms with Gasteiger partial charge in [0.05, 0.1) is 18.6 Å². The molecule has 1 saturated heterocycles. The highest BCUT2D eigenvalue weighted by Crippen LogP contribution is 2.27. The van der Waals surface area contributed by atoms with Gasteiger partial charge in [0.2, 0.25) is 5.95 Å². The lowest BCUT2D eigenvalue weighted by atomic mass is 9.93. The zero-order valence-corrected chi connectivity index (χ0v) is 10.8. The number of hydrogen-bond acceptors (Lipinski definition) is 4. The molecule has 0 bridgehead atoms. The van der Waals surface area contributed by atoms with Crippen molar-refractivity contribution in [3.05, 3.63) is 48.1 Å². The van der Waals surface area contributed by atoms with Gasteiger partial charge in [0.15, 0.2) is 5.82 Å². The summed E-state index contributed by atoms with van der Waals surface area (Å²) in [4.78, 5) is 14.1. The first kappa shape index (κ1) is 12.9. The van der Waals surface area contributed by atoms with E-state index in [0.717, 1.165) is 31.6 Å². The first-order valence-electron chi connectivity index (χ1n) is 6.56. The summed E-state index contributed by atoms with van der Waals surface area (Å²) in [6.07, 6.45) is 5.41. The Bertz CT molecular complexity index is 509. The van der Waals surface area contributed by atoms with Gasteiger partial charge in [-0.1, -0.05) is 0 Å². The van der Waals surface area contributed by atoms with Gasteiger partial charge in [-0.25, -0.2) is 18.7 Å². The maximum absolute atomic E-state index is 12.9. The molecule has 3 rings (SSSR count). The first-order chi connectivity index (χ1) is 9.72. The van der Waals surface area contributed by atoms with Gasteiger partial charge in [0, 0.05) is 24.7 Å². The fourth-order valence-electron chi connectivity index (χ4n) is 2.47. The predicted molar refractivity (Wildman–Crippen MR) is 70.4 cm³/mol. The minimum Gasteiger partial charge on any atom is -0.341 e. The van der Waals surface area contributed by atoms with Crippen LogP contribution in [0.1, 0.15) is 24.5 Å². The molecule has 0 aromatic carbocycles. The van der Waals surface area contributed by atoms with Crippen LogP contribution in [-0.2, 0) is 0 Å². The molecule has 0 spiro atoms. The number of nitrogens with zero attached hydrogens (tertiary/aromatic N) is 4. The summed E-state index contributed by atoms with van der Waals surface area (Å²) in [7, 11) is 0. The van der Waals surface area contributed by atoms with Crippen LogP contribution in [0.25, 0.3) is 0 Å². The average molecular weight is 276 g/mol. The Labute approximate surface area is 115 Å². The zero-order valence-electron chi connectivity index (χ0n) is 10.8. The molecular formula is C14H14F2N4. The molecule has 20 heavy (non-hydrogen) atoms. The Kier molecular flexibility index (Phi) is 3.54. The maximum Gasteiger partial charge on any atom is 0.225 e. The van der Waals surface area contributed by atoms with Crippen LogP contribution in [0.2, 0.25) is 0 Å². The van der Waals surface area contributed by atoms with Gasteiger partial charge in [-0.2, -0.15) is 0 Å². The third kappa shape index (κ3) is 2.74. The number of pyridine rings is 1. The second kappa shape index (κ2) is 5.48. The molecule has 6 heteroatoms. The second-order valence-corrected chi connectivity index (χ2v) is 4.86. The van der Waals surface area contributed by atoms with E-state index in [1.807, 2.05) is 4.90 Å². The van der Waals surface area contributed by atoms with Gasteiger partial charge in [-0.15, -0.1) is 0 Å². The minimum absolute atomic E-state index is 0.314. The Balaban J connectivity index is 1.64. The number of piperidine rings is 1. The minimum atomic E-state index is -0.431. The highest BCUT2D eigenvalue weighted by molar-refractivity contribution is 5.30. The molecule has 0 N–H and O–H groups in total. The van der Waals surface area contributed by atoms with Crippen molar-refractivity contribution in [2.24, 2.45) is 0 Å². The number of rotatable bonds is 2. The molecule has 0 atom stereocenters.